The zero-order chi connectivity index (χ0) is 13.1. The van der Waals surface area contributed by atoms with Crippen molar-refractivity contribution in [3.8, 4) is 0 Å². The fourth-order valence-corrected chi connectivity index (χ4v) is 3.77. The zero-order valence-corrected chi connectivity index (χ0v) is 10.6. The molecule has 96 valence electrons. The second-order valence-corrected chi connectivity index (χ2v) is 5.70. The van der Waals surface area contributed by atoms with Gasteiger partial charge in [-0.3, -0.25) is 9.59 Å². The molecule has 0 aromatic carbocycles. The summed E-state index contributed by atoms with van der Waals surface area (Å²) >= 11 is 0. The highest BCUT2D eigenvalue weighted by Gasteiger charge is 2.59. The number of carbonyl (C=O) groups is 2. The maximum Gasteiger partial charge on any atom is 0.239 e. The topological polar surface area (TPSA) is 50.3 Å². The Morgan fingerprint density at radius 2 is 1.79 bits per heavy atom. The van der Waals surface area contributed by atoms with Crippen LogP contribution in [0.3, 0.4) is 0 Å². The number of rotatable bonds is 1. The molecule has 1 saturated heterocycles. The molecule has 2 amide bonds. The van der Waals surface area contributed by atoms with Crippen molar-refractivity contribution >= 4 is 17.6 Å². The first kappa shape index (κ1) is 10.9. The molecular weight excluding hydrogens is 240 g/mol. The molecule has 1 aromatic rings. The van der Waals surface area contributed by atoms with E-state index < -0.39 is 0 Å². The summed E-state index contributed by atoms with van der Waals surface area (Å²) in [5.41, 5.74) is 1.00. The number of imide groups is 1. The SMILES string of the molecule is Cc1ccnc(N2C(=O)[C@@H]3[C@@H](C2=O)[C@H]2C=C[C@@H]3C2)c1. The van der Waals surface area contributed by atoms with Gasteiger partial charge in [-0.1, -0.05) is 12.2 Å². The highest BCUT2D eigenvalue weighted by atomic mass is 16.2. The molecule has 1 aromatic heterocycles. The van der Waals surface area contributed by atoms with Gasteiger partial charge in [-0.05, 0) is 42.9 Å². The van der Waals surface area contributed by atoms with Crippen LogP contribution < -0.4 is 4.90 Å². The third-order valence-electron chi connectivity index (χ3n) is 4.60. The molecule has 2 fully saturated rings. The molecule has 1 saturated carbocycles. The second-order valence-electron chi connectivity index (χ2n) is 5.70. The summed E-state index contributed by atoms with van der Waals surface area (Å²) in [5, 5.41) is 0. The second kappa shape index (κ2) is 3.53. The molecule has 0 radical (unpaired) electrons. The predicted octanol–water partition coefficient (Wildman–Crippen LogP) is 1.70. The van der Waals surface area contributed by atoms with E-state index in [0.29, 0.717) is 5.82 Å². The summed E-state index contributed by atoms with van der Waals surface area (Å²) in [6.45, 7) is 1.93. The number of allylic oxidation sites excluding steroid dienone is 2. The first-order valence-electron chi connectivity index (χ1n) is 6.65. The van der Waals surface area contributed by atoms with Crippen LogP contribution in [0.2, 0.25) is 0 Å². The summed E-state index contributed by atoms with van der Waals surface area (Å²) in [5.74, 6) is 0.552. The number of carbonyl (C=O) groups excluding carboxylic acids is 2. The van der Waals surface area contributed by atoms with E-state index in [1.54, 1.807) is 12.3 Å². The van der Waals surface area contributed by atoms with E-state index in [-0.39, 0.29) is 35.5 Å². The van der Waals surface area contributed by atoms with E-state index in [4.69, 9.17) is 0 Å². The number of hydrogen-bond acceptors (Lipinski definition) is 3. The molecule has 2 heterocycles. The molecule has 19 heavy (non-hydrogen) atoms. The molecule has 0 N–H and O–H groups in total. The third-order valence-corrected chi connectivity index (χ3v) is 4.60. The fourth-order valence-electron chi connectivity index (χ4n) is 3.77. The summed E-state index contributed by atoms with van der Waals surface area (Å²) in [6.07, 6.45) is 6.81. The molecular formula is C15H14N2O2. The van der Waals surface area contributed by atoms with Crippen molar-refractivity contribution in [2.24, 2.45) is 23.7 Å². The van der Waals surface area contributed by atoms with Crippen LogP contribution in [0.4, 0.5) is 5.82 Å². The van der Waals surface area contributed by atoms with Crippen LogP contribution in [-0.4, -0.2) is 16.8 Å². The minimum absolute atomic E-state index is 0.0649. The van der Waals surface area contributed by atoms with Crippen molar-refractivity contribution in [1.82, 2.24) is 4.98 Å². The van der Waals surface area contributed by atoms with Crippen LogP contribution in [0.5, 0.6) is 0 Å². The van der Waals surface area contributed by atoms with Crippen molar-refractivity contribution in [1.29, 1.82) is 0 Å². The maximum absolute atomic E-state index is 12.5. The van der Waals surface area contributed by atoms with Gasteiger partial charge in [-0.25, -0.2) is 9.88 Å². The molecule has 2 aliphatic carbocycles. The fraction of sp³-hybridized carbons (Fsp3) is 0.400. The average molecular weight is 254 g/mol. The number of amides is 2. The Balaban J connectivity index is 1.77. The number of anilines is 1. The van der Waals surface area contributed by atoms with Gasteiger partial charge in [0.25, 0.3) is 0 Å². The smallest absolute Gasteiger partial charge is 0.239 e. The summed E-state index contributed by atoms with van der Waals surface area (Å²) in [6, 6.07) is 3.66. The highest BCUT2D eigenvalue weighted by Crippen LogP contribution is 2.52. The Labute approximate surface area is 111 Å². The molecule has 4 atom stereocenters. The summed E-state index contributed by atoms with van der Waals surface area (Å²) in [7, 11) is 0. The molecule has 4 heteroatoms. The van der Waals surface area contributed by atoms with Gasteiger partial charge < -0.3 is 0 Å². The van der Waals surface area contributed by atoms with Gasteiger partial charge in [0.05, 0.1) is 11.8 Å². The first-order valence-corrected chi connectivity index (χ1v) is 6.65. The van der Waals surface area contributed by atoms with E-state index in [0.717, 1.165) is 12.0 Å². The molecule has 3 aliphatic rings. The predicted molar refractivity (Wildman–Crippen MR) is 69.2 cm³/mol. The quantitative estimate of drug-likeness (QED) is 0.566. The standard InChI is InChI=1S/C15H14N2O2/c1-8-4-5-16-11(6-8)17-14(18)12-9-2-3-10(7-9)13(12)15(17)19/h2-6,9-10,12-13H,7H2,1H3/t9-,10+,12-,13-/m0/s1. The van der Waals surface area contributed by atoms with E-state index in [2.05, 4.69) is 17.1 Å². The minimum atomic E-state index is -0.148. The van der Waals surface area contributed by atoms with Crippen molar-refractivity contribution in [3.05, 3.63) is 36.0 Å². The molecule has 2 bridgehead atoms. The lowest BCUT2D eigenvalue weighted by molar-refractivity contribution is -0.123. The van der Waals surface area contributed by atoms with Gasteiger partial charge in [0.15, 0.2) is 0 Å². The van der Waals surface area contributed by atoms with Gasteiger partial charge in [0.2, 0.25) is 11.8 Å². The number of aromatic nitrogens is 1. The molecule has 4 nitrogen and oxygen atoms in total. The first-order chi connectivity index (χ1) is 9.16. The van der Waals surface area contributed by atoms with Gasteiger partial charge in [-0.2, -0.15) is 0 Å². The van der Waals surface area contributed by atoms with Crippen molar-refractivity contribution in [2.75, 3.05) is 4.90 Å². The van der Waals surface area contributed by atoms with E-state index in [1.807, 2.05) is 13.0 Å². The Kier molecular flexibility index (Phi) is 2.03. The van der Waals surface area contributed by atoms with E-state index in [9.17, 15) is 9.59 Å². The molecule has 1 aliphatic heterocycles. The number of hydrogen-bond donors (Lipinski definition) is 0. The van der Waals surface area contributed by atoms with Crippen LogP contribution in [-0.2, 0) is 9.59 Å². The molecule has 0 unspecified atom stereocenters. The van der Waals surface area contributed by atoms with Crippen LogP contribution >= 0.6 is 0 Å². The lowest BCUT2D eigenvalue weighted by Gasteiger charge is -2.16. The maximum atomic E-state index is 12.5. The largest absolute Gasteiger partial charge is 0.274 e. The van der Waals surface area contributed by atoms with Crippen LogP contribution in [0.25, 0.3) is 0 Å². The number of pyridine rings is 1. The van der Waals surface area contributed by atoms with Crippen molar-refractivity contribution in [2.45, 2.75) is 13.3 Å². The number of fused-ring (bicyclic) bond motifs is 5. The van der Waals surface area contributed by atoms with Gasteiger partial charge in [-0.15, -0.1) is 0 Å². The minimum Gasteiger partial charge on any atom is -0.274 e. The monoisotopic (exact) mass is 254 g/mol. The summed E-state index contributed by atoms with van der Waals surface area (Å²) < 4.78 is 0. The zero-order valence-electron chi connectivity index (χ0n) is 10.6. The lowest BCUT2D eigenvalue weighted by Crippen LogP contribution is -2.33. The third kappa shape index (κ3) is 1.31. The Morgan fingerprint density at radius 3 is 2.37 bits per heavy atom. The Hall–Kier alpha value is -1.97. The van der Waals surface area contributed by atoms with Crippen LogP contribution in [0.15, 0.2) is 30.5 Å². The molecule has 4 rings (SSSR count). The van der Waals surface area contributed by atoms with Crippen molar-refractivity contribution in [3.63, 3.8) is 0 Å². The van der Waals surface area contributed by atoms with Gasteiger partial charge >= 0.3 is 0 Å². The van der Waals surface area contributed by atoms with Crippen LogP contribution in [0, 0.1) is 30.6 Å². The average Bonchev–Trinajstić information content (AvgIpc) is 3.04. The Morgan fingerprint density at radius 1 is 1.16 bits per heavy atom. The summed E-state index contributed by atoms with van der Waals surface area (Å²) in [4.78, 5) is 30.5. The Bertz CT molecular complexity index is 592. The molecule has 0 spiro atoms. The van der Waals surface area contributed by atoms with Crippen LogP contribution in [0.1, 0.15) is 12.0 Å². The van der Waals surface area contributed by atoms with E-state index >= 15 is 0 Å². The van der Waals surface area contributed by atoms with Gasteiger partial charge in [0.1, 0.15) is 5.82 Å². The lowest BCUT2D eigenvalue weighted by atomic mass is 9.85. The van der Waals surface area contributed by atoms with Crippen molar-refractivity contribution < 1.29 is 9.59 Å². The van der Waals surface area contributed by atoms with E-state index in [1.165, 1.54) is 4.90 Å². The normalized spacial score (nSPS) is 35.3. The number of aryl methyl sites for hydroxylation is 1. The number of nitrogens with zero attached hydrogens (tertiary/aromatic N) is 2. The highest BCUT2D eigenvalue weighted by molar-refractivity contribution is 6.22. The van der Waals surface area contributed by atoms with Gasteiger partial charge in [0, 0.05) is 6.20 Å².